The maximum atomic E-state index is 12.8. The number of halogens is 2. The maximum Gasteiger partial charge on any atom is 0.247 e. The highest BCUT2D eigenvalue weighted by Gasteiger charge is 2.35. The van der Waals surface area contributed by atoms with Gasteiger partial charge in [-0.1, -0.05) is 36.4 Å². The van der Waals surface area contributed by atoms with Gasteiger partial charge in [0.15, 0.2) is 0 Å². The Kier molecular flexibility index (Phi) is 8.38. The smallest absolute Gasteiger partial charge is 0.247 e. The van der Waals surface area contributed by atoms with Gasteiger partial charge in [-0.3, -0.25) is 9.69 Å². The summed E-state index contributed by atoms with van der Waals surface area (Å²) in [5.74, 6) is 0.0134. The van der Waals surface area contributed by atoms with Crippen molar-refractivity contribution in [3.8, 4) is 0 Å². The molecular weight excluding hydrogens is 377 g/mol. The van der Waals surface area contributed by atoms with Crippen LogP contribution >= 0.6 is 36.2 Å². The van der Waals surface area contributed by atoms with Crippen LogP contribution in [0.25, 0.3) is 0 Å². The average Bonchev–Trinajstić information content (AvgIpc) is 3.09. The molecule has 0 radical (unpaired) electrons. The van der Waals surface area contributed by atoms with Crippen LogP contribution in [0.15, 0.2) is 47.8 Å². The largest absolute Gasteiger partial charge is 0.338 e. The highest BCUT2D eigenvalue weighted by atomic mass is 35.5. The Morgan fingerprint density at radius 2 is 1.72 bits per heavy atom. The molecule has 1 amide bonds. The number of amides is 1. The molecule has 0 spiro atoms. The number of piperazine rings is 1. The van der Waals surface area contributed by atoms with Crippen molar-refractivity contribution in [2.75, 3.05) is 26.2 Å². The summed E-state index contributed by atoms with van der Waals surface area (Å²) in [5, 5.41) is 2.11. The van der Waals surface area contributed by atoms with Crippen molar-refractivity contribution in [3.05, 3.63) is 58.3 Å². The number of nitrogens with two attached hydrogens (primary N) is 1. The van der Waals surface area contributed by atoms with E-state index in [2.05, 4.69) is 22.4 Å². The normalized spacial score (nSPS) is 17.1. The molecule has 1 aliphatic heterocycles. The van der Waals surface area contributed by atoms with Crippen LogP contribution in [-0.2, 0) is 16.9 Å². The van der Waals surface area contributed by atoms with Gasteiger partial charge in [0.1, 0.15) is 5.54 Å². The zero-order valence-corrected chi connectivity index (χ0v) is 16.7. The van der Waals surface area contributed by atoms with E-state index in [1.807, 2.05) is 42.2 Å². The molecule has 1 saturated heterocycles. The lowest BCUT2D eigenvalue weighted by Crippen LogP contribution is -2.56. The van der Waals surface area contributed by atoms with Crippen LogP contribution in [0, 0.1) is 0 Å². The number of hydrogen-bond acceptors (Lipinski definition) is 4. The van der Waals surface area contributed by atoms with Crippen molar-refractivity contribution in [1.29, 1.82) is 0 Å². The van der Waals surface area contributed by atoms with Gasteiger partial charge in [0.2, 0.25) is 5.91 Å². The number of carbonyl (C=O) groups excluding carboxylic acids is 1. The number of hydrogen-bond donors (Lipinski definition) is 1. The third kappa shape index (κ3) is 5.19. The van der Waals surface area contributed by atoms with E-state index in [1.54, 1.807) is 11.3 Å². The first-order valence-corrected chi connectivity index (χ1v) is 8.84. The van der Waals surface area contributed by atoms with E-state index in [0.717, 1.165) is 38.3 Å². The highest BCUT2D eigenvalue weighted by molar-refractivity contribution is 7.09. The molecule has 2 aromatic rings. The summed E-state index contributed by atoms with van der Waals surface area (Å²) < 4.78 is 0. The summed E-state index contributed by atoms with van der Waals surface area (Å²) in [4.78, 5) is 18.5. The molecular formula is C18H25Cl2N3OS. The molecule has 1 aromatic heterocycles. The van der Waals surface area contributed by atoms with Gasteiger partial charge in [0.05, 0.1) is 0 Å². The number of nitrogens with zero attached hydrogens (tertiary/aromatic N) is 2. The number of benzene rings is 1. The van der Waals surface area contributed by atoms with E-state index in [1.165, 1.54) is 4.88 Å². The van der Waals surface area contributed by atoms with Gasteiger partial charge in [-0.25, -0.2) is 0 Å². The van der Waals surface area contributed by atoms with E-state index in [9.17, 15) is 4.79 Å². The first-order chi connectivity index (χ1) is 11.1. The molecule has 0 aliphatic carbocycles. The molecule has 3 rings (SSSR count). The topological polar surface area (TPSA) is 49.6 Å². The van der Waals surface area contributed by atoms with Gasteiger partial charge in [-0.05, 0) is 23.9 Å². The lowest BCUT2D eigenvalue weighted by molar-refractivity contribution is -0.138. The Labute approximate surface area is 165 Å². The van der Waals surface area contributed by atoms with Crippen LogP contribution in [0.1, 0.15) is 17.4 Å². The summed E-state index contributed by atoms with van der Waals surface area (Å²) in [5.41, 5.74) is 6.26. The molecule has 138 valence electrons. The Balaban J connectivity index is 0.00000156. The van der Waals surface area contributed by atoms with Gasteiger partial charge in [-0.15, -0.1) is 36.2 Å². The van der Waals surface area contributed by atoms with Crippen LogP contribution < -0.4 is 5.73 Å². The lowest BCUT2D eigenvalue weighted by atomic mass is 9.91. The van der Waals surface area contributed by atoms with Crippen LogP contribution in [0.2, 0.25) is 0 Å². The Morgan fingerprint density at radius 3 is 2.28 bits per heavy atom. The van der Waals surface area contributed by atoms with Crippen molar-refractivity contribution < 1.29 is 4.79 Å². The van der Waals surface area contributed by atoms with Gasteiger partial charge in [0.25, 0.3) is 0 Å². The molecule has 4 nitrogen and oxygen atoms in total. The Morgan fingerprint density at radius 1 is 1.08 bits per heavy atom. The zero-order chi connectivity index (χ0) is 16.3. The van der Waals surface area contributed by atoms with Crippen molar-refractivity contribution >= 4 is 42.1 Å². The molecule has 2 N–H and O–H groups in total. The number of thiophene rings is 1. The van der Waals surface area contributed by atoms with E-state index in [-0.39, 0.29) is 30.7 Å². The molecule has 25 heavy (non-hydrogen) atoms. The van der Waals surface area contributed by atoms with E-state index in [0.29, 0.717) is 0 Å². The summed E-state index contributed by atoms with van der Waals surface area (Å²) in [6.07, 6.45) is 0. The predicted molar refractivity (Wildman–Crippen MR) is 109 cm³/mol. The molecule has 1 aromatic carbocycles. The molecule has 0 saturated carbocycles. The quantitative estimate of drug-likeness (QED) is 0.855. The van der Waals surface area contributed by atoms with Crippen LogP contribution in [0.3, 0.4) is 0 Å². The van der Waals surface area contributed by atoms with Crippen LogP contribution in [0.5, 0.6) is 0 Å². The maximum absolute atomic E-state index is 12.8. The standard InChI is InChI=1S/C18H23N3OS.2ClH/c1-18(19,15-6-3-2-4-7-15)17(22)21-11-9-20(10-12-21)14-16-8-5-13-23-16;;/h2-8,13H,9-12,14,19H2,1H3;2*1H. The summed E-state index contributed by atoms with van der Waals surface area (Å²) in [6, 6.07) is 13.9. The fourth-order valence-corrected chi connectivity index (χ4v) is 3.71. The summed E-state index contributed by atoms with van der Waals surface area (Å²) in [7, 11) is 0. The van der Waals surface area contributed by atoms with Crippen LogP contribution in [0.4, 0.5) is 0 Å². The SMILES string of the molecule is CC(N)(C(=O)N1CCN(Cc2cccs2)CC1)c1ccccc1.Cl.Cl. The minimum atomic E-state index is -0.961. The Hall–Kier alpha value is -1.11. The van der Waals surface area contributed by atoms with Gasteiger partial charge in [-0.2, -0.15) is 0 Å². The lowest BCUT2D eigenvalue weighted by Gasteiger charge is -2.38. The van der Waals surface area contributed by atoms with E-state index in [4.69, 9.17) is 5.73 Å². The first-order valence-electron chi connectivity index (χ1n) is 7.96. The van der Waals surface area contributed by atoms with E-state index >= 15 is 0 Å². The number of carbonyl (C=O) groups is 1. The average molecular weight is 402 g/mol. The predicted octanol–water partition coefficient (Wildman–Crippen LogP) is 3.11. The fourth-order valence-electron chi connectivity index (χ4n) is 2.97. The third-order valence-corrected chi connectivity index (χ3v) is 5.30. The summed E-state index contributed by atoms with van der Waals surface area (Å²) >= 11 is 1.78. The van der Waals surface area contributed by atoms with Crippen molar-refractivity contribution in [3.63, 3.8) is 0 Å². The van der Waals surface area contributed by atoms with E-state index < -0.39 is 5.54 Å². The Bertz CT molecular complexity index is 642. The molecule has 1 fully saturated rings. The van der Waals surface area contributed by atoms with Gasteiger partial charge in [0, 0.05) is 37.6 Å². The molecule has 2 heterocycles. The van der Waals surface area contributed by atoms with Gasteiger partial charge < -0.3 is 10.6 Å². The van der Waals surface area contributed by atoms with Crippen molar-refractivity contribution in [2.45, 2.75) is 19.0 Å². The first kappa shape index (κ1) is 21.9. The second-order valence-corrected chi connectivity index (χ2v) is 7.25. The van der Waals surface area contributed by atoms with Gasteiger partial charge >= 0.3 is 0 Å². The zero-order valence-electron chi connectivity index (χ0n) is 14.3. The molecule has 0 bridgehead atoms. The van der Waals surface area contributed by atoms with Crippen LogP contribution in [-0.4, -0.2) is 41.9 Å². The molecule has 1 atom stereocenters. The van der Waals surface area contributed by atoms with Crippen molar-refractivity contribution in [2.24, 2.45) is 5.73 Å². The fraction of sp³-hybridized carbons (Fsp3) is 0.389. The minimum absolute atomic E-state index is 0. The second-order valence-electron chi connectivity index (χ2n) is 6.22. The molecule has 1 aliphatic rings. The highest BCUT2D eigenvalue weighted by Crippen LogP contribution is 2.22. The molecule has 7 heteroatoms. The minimum Gasteiger partial charge on any atom is -0.338 e. The van der Waals surface area contributed by atoms with Crippen molar-refractivity contribution in [1.82, 2.24) is 9.80 Å². The number of rotatable bonds is 4. The monoisotopic (exact) mass is 401 g/mol. The molecule has 1 unspecified atom stereocenters. The summed E-state index contributed by atoms with van der Waals surface area (Å²) in [6.45, 7) is 6.05. The third-order valence-electron chi connectivity index (χ3n) is 4.44. The second kappa shape index (κ2) is 9.55.